The van der Waals surface area contributed by atoms with Gasteiger partial charge in [0.25, 0.3) is 0 Å². The monoisotopic (exact) mass is 224 g/mol. The van der Waals surface area contributed by atoms with Gasteiger partial charge in [0.2, 0.25) is 0 Å². The van der Waals surface area contributed by atoms with E-state index in [1.165, 1.54) is 18.1 Å². The van der Waals surface area contributed by atoms with E-state index in [4.69, 9.17) is 0 Å². The van der Waals surface area contributed by atoms with Crippen LogP contribution in [0.4, 0.5) is 0 Å². The van der Waals surface area contributed by atoms with Crippen molar-refractivity contribution in [3.8, 4) is 0 Å². The van der Waals surface area contributed by atoms with Crippen molar-refractivity contribution in [2.24, 2.45) is 0 Å². The first kappa shape index (κ1) is 12.2. The number of hydrogen-bond acceptors (Lipinski definition) is 4. The van der Waals surface area contributed by atoms with Gasteiger partial charge in [-0.15, -0.1) is 0 Å². The molecule has 1 heterocycles. The van der Waals surface area contributed by atoms with E-state index >= 15 is 0 Å². The molecule has 1 aromatic rings. The molecular weight excluding hydrogens is 208 g/mol. The van der Waals surface area contributed by atoms with Gasteiger partial charge in [0, 0.05) is 18.8 Å². The van der Waals surface area contributed by atoms with Crippen LogP contribution in [0.25, 0.3) is 0 Å². The molecule has 3 nitrogen and oxygen atoms in total. The van der Waals surface area contributed by atoms with Crippen LogP contribution in [0.15, 0.2) is 18.7 Å². The highest BCUT2D eigenvalue weighted by Gasteiger charge is 2.00. The second kappa shape index (κ2) is 7.40. The summed E-state index contributed by atoms with van der Waals surface area (Å²) >= 11 is 1.41. The summed E-state index contributed by atoms with van der Waals surface area (Å²) in [5, 5.41) is 0.307. The molecule has 0 saturated carbocycles. The van der Waals surface area contributed by atoms with E-state index in [1.54, 1.807) is 0 Å². The van der Waals surface area contributed by atoms with Crippen molar-refractivity contribution in [2.45, 2.75) is 32.6 Å². The minimum atomic E-state index is 0.307. The summed E-state index contributed by atoms with van der Waals surface area (Å²) in [7, 11) is 0. The third-order valence-electron chi connectivity index (χ3n) is 2.02. The number of carbonyl (C=O) groups is 1. The lowest BCUT2D eigenvalue weighted by Gasteiger charge is -1.99. The molecule has 1 aromatic heterocycles. The van der Waals surface area contributed by atoms with E-state index in [2.05, 4.69) is 9.97 Å². The Bertz CT molecular complexity index is 290. The van der Waals surface area contributed by atoms with Gasteiger partial charge in [-0.2, -0.15) is 0 Å². The predicted molar refractivity (Wildman–Crippen MR) is 62.7 cm³/mol. The Morgan fingerprint density at radius 2 is 2.07 bits per heavy atom. The average Bonchev–Trinajstić information content (AvgIpc) is 2.26. The Hall–Kier alpha value is -0.900. The maximum atomic E-state index is 11.2. The summed E-state index contributed by atoms with van der Waals surface area (Å²) in [5.41, 5.74) is 1.15. The lowest BCUT2D eigenvalue weighted by Crippen LogP contribution is -1.94. The van der Waals surface area contributed by atoms with Crippen molar-refractivity contribution in [3.63, 3.8) is 0 Å². The predicted octanol–water partition coefficient (Wildman–Crippen LogP) is 2.47. The van der Waals surface area contributed by atoms with Crippen LogP contribution in [0, 0.1) is 0 Å². The second-order valence-corrected chi connectivity index (χ2v) is 4.58. The lowest BCUT2D eigenvalue weighted by molar-refractivity contribution is -0.111. The third kappa shape index (κ3) is 5.52. The molecule has 1 rings (SSSR count). The lowest BCUT2D eigenvalue weighted by atomic mass is 10.1. The van der Waals surface area contributed by atoms with E-state index in [1.807, 2.05) is 19.3 Å². The van der Waals surface area contributed by atoms with Crippen LogP contribution >= 0.6 is 11.8 Å². The van der Waals surface area contributed by atoms with Gasteiger partial charge < -0.3 is 0 Å². The summed E-state index contributed by atoms with van der Waals surface area (Å²) in [5.74, 6) is 0.880. The molecule has 15 heavy (non-hydrogen) atoms. The molecule has 0 amide bonds. The fourth-order valence-corrected chi connectivity index (χ4v) is 1.90. The molecule has 0 unspecified atom stereocenters. The minimum Gasteiger partial charge on any atom is -0.287 e. The first-order valence-corrected chi connectivity index (χ1v) is 6.21. The van der Waals surface area contributed by atoms with E-state index < -0.39 is 0 Å². The van der Waals surface area contributed by atoms with Gasteiger partial charge in [-0.1, -0.05) is 18.7 Å². The summed E-state index contributed by atoms with van der Waals surface area (Å²) in [6, 6.07) is 0. The Kier molecular flexibility index (Phi) is 6.00. The fourth-order valence-electron chi connectivity index (χ4n) is 1.29. The summed E-state index contributed by atoms with van der Waals surface area (Å²) in [4.78, 5) is 19.1. The van der Waals surface area contributed by atoms with Gasteiger partial charge in [-0.25, -0.2) is 9.97 Å². The fraction of sp³-hybridized carbons (Fsp3) is 0.545. The van der Waals surface area contributed by atoms with Crippen LogP contribution in [0.1, 0.15) is 31.7 Å². The number of thioether (sulfide) groups is 1. The van der Waals surface area contributed by atoms with Crippen molar-refractivity contribution in [1.29, 1.82) is 0 Å². The highest BCUT2D eigenvalue weighted by Crippen LogP contribution is 2.10. The van der Waals surface area contributed by atoms with Crippen LogP contribution in [-0.4, -0.2) is 20.8 Å². The first-order chi connectivity index (χ1) is 7.33. The zero-order chi connectivity index (χ0) is 10.9. The molecule has 0 radical (unpaired) electrons. The molecule has 82 valence electrons. The Morgan fingerprint density at radius 3 is 2.73 bits per heavy atom. The van der Waals surface area contributed by atoms with Crippen molar-refractivity contribution in [3.05, 3.63) is 24.3 Å². The molecule has 0 atom stereocenters. The van der Waals surface area contributed by atoms with Crippen LogP contribution in [0.2, 0.25) is 0 Å². The van der Waals surface area contributed by atoms with Crippen LogP contribution in [-0.2, 0) is 11.2 Å². The van der Waals surface area contributed by atoms with E-state index in [9.17, 15) is 4.79 Å². The van der Waals surface area contributed by atoms with Crippen molar-refractivity contribution < 1.29 is 4.79 Å². The van der Waals surface area contributed by atoms with Gasteiger partial charge in [0.15, 0.2) is 5.12 Å². The second-order valence-electron chi connectivity index (χ2n) is 3.26. The van der Waals surface area contributed by atoms with Gasteiger partial charge >= 0.3 is 0 Å². The van der Waals surface area contributed by atoms with Crippen LogP contribution in [0.3, 0.4) is 0 Å². The molecule has 0 aromatic carbocycles. The molecule has 0 spiro atoms. The Morgan fingerprint density at radius 1 is 1.33 bits per heavy atom. The number of unbranched alkanes of at least 4 members (excludes halogenated alkanes) is 1. The van der Waals surface area contributed by atoms with Gasteiger partial charge in [-0.05, 0) is 30.6 Å². The molecule has 0 aliphatic heterocycles. The third-order valence-corrected chi connectivity index (χ3v) is 2.83. The molecular formula is C11H16N2OS. The summed E-state index contributed by atoms with van der Waals surface area (Å²) in [6.45, 7) is 2.00. The molecule has 0 fully saturated rings. The molecule has 0 aliphatic carbocycles. The Balaban J connectivity index is 2.10. The maximum absolute atomic E-state index is 11.2. The minimum absolute atomic E-state index is 0.307. The standard InChI is InChI=1S/C11H16N2OS/c1-2-15-11(14)6-4-3-5-10-7-12-9-13-8-10/h7-9H,2-6H2,1H3. The number of aromatic nitrogens is 2. The zero-order valence-electron chi connectivity index (χ0n) is 8.98. The summed E-state index contributed by atoms with van der Waals surface area (Å²) < 4.78 is 0. The molecule has 0 N–H and O–H groups in total. The molecule has 0 aliphatic rings. The number of hydrogen-bond donors (Lipinski definition) is 0. The van der Waals surface area contributed by atoms with Crippen LogP contribution in [0.5, 0.6) is 0 Å². The topological polar surface area (TPSA) is 42.9 Å². The van der Waals surface area contributed by atoms with Crippen molar-refractivity contribution in [2.75, 3.05) is 5.75 Å². The number of aryl methyl sites for hydroxylation is 1. The van der Waals surface area contributed by atoms with Crippen molar-refractivity contribution >= 4 is 16.9 Å². The maximum Gasteiger partial charge on any atom is 0.188 e. The quantitative estimate of drug-likeness (QED) is 0.696. The first-order valence-electron chi connectivity index (χ1n) is 5.22. The van der Waals surface area contributed by atoms with E-state index in [-0.39, 0.29) is 0 Å². The SMILES string of the molecule is CCSC(=O)CCCCc1cncnc1. The molecule has 0 saturated heterocycles. The highest BCUT2D eigenvalue weighted by molar-refractivity contribution is 8.13. The van der Waals surface area contributed by atoms with Crippen LogP contribution < -0.4 is 0 Å². The van der Waals surface area contributed by atoms with Crippen molar-refractivity contribution in [1.82, 2.24) is 9.97 Å². The molecule has 4 heteroatoms. The smallest absolute Gasteiger partial charge is 0.188 e. The number of nitrogens with zero attached hydrogens (tertiary/aromatic N) is 2. The largest absolute Gasteiger partial charge is 0.287 e. The van der Waals surface area contributed by atoms with Gasteiger partial charge in [0.05, 0.1) is 0 Å². The molecule has 0 bridgehead atoms. The Labute approximate surface area is 94.7 Å². The average molecular weight is 224 g/mol. The summed E-state index contributed by atoms with van der Waals surface area (Å²) in [6.07, 6.45) is 8.83. The van der Waals surface area contributed by atoms with E-state index in [0.29, 0.717) is 11.5 Å². The van der Waals surface area contributed by atoms with Gasteiger partial charge in [-0.3, -0.25) is 4.79 Å². The van der Waals surface area contributed by atoms with E-state index in [0.717, 1.165) is 30.6 Å². The highest BCUT2D eigenvalue weighted by atomic mass is 32.2. The number of carbonyl (C=O) groups excluding carboxylic acids is 1. The number of rotatable bonds is 6. The van der Waals surface area contributed by atoms with Gasteiger partial charge in [0.1, 0.15) is 6.33 Å². The normalized spacial score (nSPS) is 10.2. The zero-order valence-corrected chi connectivity index (χ0v) is 9.80.